The lowest BCUT2D eigenvalue weighted by Gasteiger charge is -2.02. The first-order valence-corrected chi connectivity index (χ1v) is 12.3. The maximum atomic E-state index is 13.4. The first-order valence-electron chi connectivity index (χ1n) is 10.5. The number of aryl methyl sites for hydroxylation is 1. The molecule has 0 aliphatic heterocycles. The zero-order valence-corrected chi connectivity index (χ0v) is 19.6. The maximum Gasteiger partial charge on any atom is 0.282 e. The van der Waals surface area contributed by atoms with Gasteiger partial charge in [0.2, 0.25) is 5.13 Å². The van der Waals surface area contributed by atoms with Gasteiger partial charge in [0.05, 0.1) is 28.0 Å². The van der Waals surface area contributed by atoms with Crippen LogP contribution in [-0.4, -0.2) is 26.0 Å². The lowest BCUT2D eigenvalue weighted by atomic mass is 10.2. The van der Waals surface area contributed by atoms with E-state index in [0.29, 0.717) is 23.0 Å². The highest BCUT2D eigenvalue weighted by Gasteiger charge is 2.17. The van der Waals surface area contributed by atoms with E-state index >= 15 is 0 Å². The molecule has 0 saturated carbocycles. The third kappa shape index (κ3) is 4.81. The Kier molecular flexibility index (Phi) is 6.19. The molecule has 0 spiro atoms. The topological polar surface area (TPSA) is 75.9 Å². The maximum absolute atomic E-state index is 13.4. The van der Waals surface area contributed by atoms with Crippen molar-refractivity contribution < 1.29 is 0 Å². The summed E-state index contributed by atoms with van der Waals surface area (Å²) in [5.41, 5.74) is 4.31. The number of rotatable bonds is 7. The minimum absolute atomic E-state index is 0.150. The number of aromatic amines is 1. The van der Waals surface area contributed by atoms with Crippen LogP contribution in [0.25, 0.3) is 15.3 Å². The van der Waals surface area contributed by atoms with Gasteiger partial charge in [-0.05, 0) is 42.8 Å². The van der Waals surface area contributed by atoms with Crippen molar-refractivity contribution >= 4 is 39.5 Å². The Bertz CT molecular complexity index is 1430. The van der Waals surface area contributed by atoms with Crippen LogP contribution >= 0.6 is 23.1 Å². The number of nitrogens with zero attached hydrogens (tertiary/aromatic N) is 4. The van der Waals surface area contributed by atoms with Crippen LogP contribution in [-0.2, 0) is 12.3 Å². The number of thiazole rings is 1. The number of thioether (sulfide) groups is 1. The van der Waals surface area contributed by atoms with E-state index in [2.05, 4.69) is 51.2 Å². The molecule has 0 atom stereocenters. The van der Waals surface area contributed by atoms with Gasteiger partial charge in [0, 0.05) is 29.3 Å². The highest BCUT2D eigenvalue weighted by molar-refractivity contribution is 7.98. The van der Waals surface area contributed by atoms with Crippen molar-refractivity contribution in [1.82, 2.24) is 19.7 Å². The van der Waals surface area contributed by atoms with Crippen LogP contribution in [0.2, 0.25) is 0 Å². The summed E-state index contributed by atoms with van der Waals surface area (Å²) < 4.78 is 2.57. The van der Waals surface area contributed by atoms with Crippen molar-refractivity contribution in [2.45, 2.75) is 24.1 Å². The van der Waals surface area contributed by atoms with Crippen LogP contribution in [0.3, 0.4) is 0 Å². The number of nitrogens with one attached hydrogen (secondary N) is 1. The third-order valence-electron chi connectivity index (χ3n) is 5.10. The molecule has 0 aliphatic rings. The summed E-state index contributed by atoms with van der Waals surface area (Å²) in [6, 6.07) is 20.1. The molecule has 0 fully saturated rings. The van der Waals surface area contributed by atoms with Crippen LogP contribution < -0.4 is 5.56 Å². The quantitative estimate of drug-likeness (QED) is 0.255. The van der Waals surface area contributed by atoms with E-state index in [1.54, 1.807) is 30.4 Å². The van der Waals surface area contributed by atoms with Gasteiger partial charge < -0.3 is 0 Å². The monoisotopic (exact) mass is 471 g/mol. The van der Waals surface area contributed by atoms with Gasteiger partial charge in [-0.25, -0.2) is 4.98 Å². The zero-order chi connectivity index (χ0) is 22.6. The molecule has 33 heavy (non-hydrogen) atoms. The van der Waals surface area contributed by atoms with Gasteiger partial charge in [0.1, 0.15) is 0 Å². The van der Waals surface area contributed by atoms with Crippen LogP contribution in [0.1, 0.15) is 22.4 Å². The van der Waals surface area contributed by atoms with E-state index in [4.69, 9.17) is 0 Å². The van der Waals surface area contributed by atoms with Crippen molar-refractivity contribution in [3.8, 4) is 5.13 Å². The van der Waals surface area contributed by atoms with Crippen molar-refractivity contribution in [1.29, 1.82) is 0 Å². The Hall–Kier alpha value is -3.49. The van der Waals surface area contributed by atoms with E-state index in [9.17, 15) is 4.79 Å². The molecule has 0 aliphatic carbocycles. The molecular weight excluding hydrogens is 450 g/mol. The van der Waals surface area contributed by atoms with Crippen LogP contribution in [0, 0.1) is 6.92 Å². The lowest BCUT2D eigenvalue weighted by molar-refractivity contribution is 0.827. The van der Waals surface area contributed by atoms with Gasteiger partial charge >= 0.3 is 0 Å². The third-order valence-corrected chi connectivity index (χ3v) is 7.16. The summed E-state index contributed by atoms with van der Waals surface area (Å²) in [5.74, 6) is 0.616. The van der Waals surface area contributed by atoms with Crippen LogP contribution in [0.15, 0.2) is 87.7 Å². The number of aliphatic imine (C=N–C) groups is 1. The van der Waals surface area contributed by atoms with E-state index in [1.165, 1.54) is 21.6 Å². The fraction of sp³-hybridized carbons (Fsp3) is 0.120. The molecule has 8 heteroatoms. The van der Waals surface area contributed by atoms with Gasteiger partial charge in [-0.2, -0.15) is 4.68 Å². The molecule has 1 N–H and O–H groups in total. The minimum atomic E-state index is -0.150. The standard InChI is InChI=1S/C25H21N5OS2/c1-17-8-10-19(11-9-17)32-16-22-20(15-27-14-18-5-4-12-26-13-18)24(31)30(29-22)25-28-21-6-2-3-7-23(21)33-25/h2-13,15,29H,14,16H2,1H3. The second-order valence-corrected chi connectivity index (χ2v) is 9.60. The largest absolute Gasteiger partial charge is 0.291 e. The van der Waals surface area contributed by atoms with Gasteiger partial charge in [0.15, 0.2) is 0 Å². The van der Waals surface area contributed by atoms with Crippen LogP contribution in [0.5, 0.6) is 0 Å². The van der Waals surface area contributed by atoms with Gasteiger partial charge in [-0.1, -0.05) is 47.2 Å². The van der Waals surface area contributed by atoms with Crippen molar-refractivity contribution in [2.75, 3.05) is 0 Å². The second kappa shape index (κ2) is 9.56. The first-order chi connectivity index (χ1) is 16.2. The molecule has 2 aromatic carbocycles. The number of hydrogen-bond donors (Lipinski definition) is 1. The number of fused-ring (bicyclic) bond motifs is 1. The summed E-state index contributed by atoms with van der Waals surface area (Å²) in [5, 5.41) is 3.91. The SMILES string of the molecule is Cc1ccc(SCc2[nH]n(-c3nc4ccccc4s3)c(=O)c2C=NCc2cccnc2)cc1. The average Bonchev–Trinajstić information content (AvgIpc) is 3.40. The zero-order valence-electron chi connectivity index (χ0n) is 17.9. The summed E-state index contributed by atoms with van der Waals surface area (Å²) in [6.45, 7) is 2.53. The van der Waals surface area contributed by atoms with E-state index < -0.39 is 0 Å². The number of pyridine rings is 1. The van der Waals surface area contributed by atoms with Gasteiger partial charge in [-0.15, -0.1) is 11.8 Å². The second-order valence-electron chi connectivity index (χ2n) is 7.54. The minimum Gasteiger partial charge on any atom is -0.291 e. The predicted octanol–water partition coefficient (Wildman–Crippen LogP) is 5.39. The van der Waals surface area contributed by atoms with E-state index in [1.807, 2.05) is 36.4 Å². The molecule has 6 nitrogen and oxygen atoms in total. The number of benzene rings is 2. The molecule has 0 bridgehead atoms. The number of aromatic nitrogens is 4. The highest BCUT2D eigenvalue weighted by atomic mass is 32.2. The summed E-state index contributed by atoms with van der Waals surface area (Å²) >= 11 is 3.16. The molecule has 0 unspecified atom stereocenters. The van der Waals surface area contributed by atoms with Crippen molar-refractivity contribution in [3.05, 3.63) is 106 Å². The molecule has 3 heterocycles. The molecule has 0 radical (unpaired) electrons. The fourth-order valence-corrected chi connectivity index (χ4v) is 5.14. The fourth-order valence-electron chi connectivity index (χ4n) is 3.35. The Morgan fingerprint density at radius 3 is 2.76 bits per heavy atom. The normalized spacial score (nSPS) is 11.5. The average molecular weight is 472 g/mol. The first kappa shape index (κ1) is 21.4. The number of hydrogen-bond acceptors (Lipinski definition) is 6. The lowest BCUT2D eigenvalue weighted by Crippen LogP contribution is -2.17. The number of H-pyrrole nitrogens is 1. The van der Waals surface area contributed by atoms with Crippen molar-refractivity contribution in [2.24, 2.45) is 4.99 Å². The Morgan fingerprint density at radius 2 is 1.97 bits per heavy atom. The molecule has 3 aromatic heterocycles. The summed E-state index contributed by atoms with van der Waals surface area (Å²) in [4.78, 5) is 27.8. The van der Waals surface area contributed by atoms with Gasteiger partial charge in [-0.3, -0.25) is 19.9 Å². The van der Waals surface area contributed by atoms with E-state index in [0.717, 1.165) is 26.4 Å². The van der Waals surface area contributed by atoms with E-state index in [-0.39, 0.29) is 5.56 Å². The molecule has 0 saturated heterocycles. The molecule has 0 amide bonds. The Balaban J connectivity index is 1.48. The molecule has 5 rings (SSSR count). The Labute approximate surface area is 199 Å². The molecular formula is C25H21N5OS2. The predicted molar refractivity (Wildman–Crippen MR) is 136 cm³/mol. The highest BCUT2D eigenvalue weighted by Crippen LogP contribution is 2.26. The molecule has 5 aromatic rings. The smallest absolute Gasteiger partial charge is 0.282 e. The number of para-hydroxylation sites is 1. The van der Waals surface area contributed by atoms with Gasteiger partial charge in [0.25, 0.3) is 5.56 Å². The molecule has 164 valence electrons. The van der Waals surface area contributed by atoms with Crippen molar-refractivity contribution in [3.63, 3.8) is 0 Å². The van der Waals surface area contributed by atoms with Crippen LogP contribution in [0.4, 0.5) is 0 Å². The Morgan fingerprint density at radius 1 is 1.12 bits per heavy atom. The summed E-state index contributed by atoms with van der Waals surface area (Å²) in [6.07, 6.45) is 5.18. The summed E-state index contributed by atoms with van der Waals surface area (Å²) in [7, 11) is 0.